The molecule has 1 aliphatic rings. The summed E-state index contributed by atoms with van der Waals surface area (Å²) in [5, 5.41) is 0. The molecule has 0 spiro atoms. The summed E-state index contributed by atoms with van der Waals surface area (Å²) in [6.45, 7) is 2.48. The smallest absolute Gasteiger partial charge is 0.460 e. The number of carbonyl (C=O) groups is 1. The number of nitrogens with one attached hydrogen (secondary N) is 1. The van der Waals surface area contributed by atoms with Crippen LogP contribution in [0.1, 0.15) is 13.8 Å². The van der Waals surface area contributed by atoms with Gasteiger partial charge < -0.3 is 4.74 Å². The Bertz CT molecular complexity index is 596. The van der Waals surface area contributed by atoms with E-state index < -0.39 is 49.9 Å². The molecule has 0 aromatic carbocycles. The van der Waals surface area contributed by atoms with E-state index in [9.17, 15) is 34.8 Å². The largest absolute Gasteiger partial charge is 0.512 e. The van der Waals surface area contributed by atoms with Crippen LogP contribution in [-0.4, -0.2) is 40.5 Å². The summed E-state index contributed by atoms with van der Waals surface area (Å²) >= 11 is 0. The molecule has 0 aromatic rings. The number of esters is 1. The van der Waals surface area contributed by atoms with E-state index >= 15 is 0 Å². The molecule has 0 saturated carbocycles. The summed E-state index contributed by atoms with van der Waals surface area (Å²) < 4.78 is 89.3. The number of halogens is 3. The second-order valence-electron chi connectivity index (χ2n) is 3.98. The van der Waals surface area contributed by atoms with Gasteiger partial charge in [0, 0.05) is 0 Å². The van der Waals surface area contributed by atoms with Crippen LogP contribution in [0.5, 0.6) is 0 Å². The zero-order valence-corrected chi connectivity index (χ0v) is 11.7. The van der Waals surface area contributed by atoms with Gasteiger partial charge in [-0.3, -0.25) is 4.79 Å². The van der Waals surface area contributed by atoms with Crippen LogP contribution in [0.2, 0.25) is 0 Å². The van der Waals surface area contributed by atoms with Gasteiger partial charge in [-0.15, -0.1) is 0 Å². The lowest BCUT2D eigenvalue weighted by Crippen LogP contribution is -2.43. The Morgan fingerprint density at radius 1 is 1.20 bits per heavy atom. The van der Waals surface area contributed by atoms with Gasteiger partial charge in [0.2, 0.25) is 0 Å². The number of hydrogen-bond acceptors (Lipinski definition) is 7. The normalized spacial score (nSPS) is 28.4. The standard InChI is InChI=1S/C7H10F3NO7S2/c1-3-5(4(2)17-6(3)12)18-20(15,16)11-19(13,14)7(8,9)10/h3-5,11H,1-2H3. The minimum Gasteiger partial charge on any atom is -0.460 e. The molecule has 0 aromatic heterocycles. The Morgan fingerprint density at radius 2 is 1.70 bits per heavy atom. The molecule has 0 radical (unpaired) electrons. The number of sulfonamides is 1. The fourth-order valence-electron chi connectivity index (χ4n) is 1.41. The summed E-state index contributed by atoms with van der Waals surface area (Å²) in [4.78, 5) is 11.1. The maximum atomic E-state index is 12.0. The molecule has 1 fully saturated rings. The lowest BCUT2D eigenvalue weighted by atomic mass is 10.1. The van der Waals surface area contributed by atoms with E-state index in [0.717, 1.165) is 0 Å². The van der Waals surface area contributed by atoms with Crippen molar-refractivity contribution >= 4 is 26.3 Å². The molecule has 1 N–H and O–H groups in total. The van der Waals surface area contributed by atoms with Gasteiger partial charge in [-0.05, 0) is 13.8 Å². The van der Waals surface area contributed by atoms with E-state index in [-0.39, 0.29) is 0 Å². The molecular formula is C7H10F3NO7S2. The first-order valence-electron chi connectivity index (χ1n) is 5.00. The van der Waals surface area contributed by atoms with Gasteiger partial charge in [-0.25, -0.2) is 12.6 Å². The number of ether oxygens (including phenoxy) is 1. The summed E-state index contributed by atoms with van der Waals surface area (Å²) in [7, 11) is -11.4. The van der Waals surface area contributed by atoms with E-state index in [1.165, 1.54) is 13.8 Å². The van der Waals surface area contributed by atoms with Crippen LogP contribution in [-0.2, 0) is 34.0 Å². The highest BCUT2D eigenvalue weighted by atomic mass is 32.3. The van der Waals surface area contributed by atoms with Crippen LogP contribution in [0, 0.1) is 5.92 Å². The van der Waals surface area contributed by atoms with Crippen LogP contribution in [0.15, 0.2) is 0 Å². The predicted molar refractivity (Wildman–Crippen MR) is 56.6 cm³/mol. The second kappa shape index (κ2) is 5.13. The molecule has 1 heterocycles. The van der Waals surface area contributed by atoms with Gasteiger partial charge in [0.1, 0.15) is 12.2 Å². The van der Waals surface area contributed by atoms with Crippen LogP contribution in [0.3, 0.4) is 0 Å². The fraction of sp³-hybridized carbons (Fsp3) is 0.857. The van der Waals surface area contributed by atoms with Crippen LogP contribution >= 0.6 is 0 Å². The molecule has 1 aliphatic heterocycles. The van der Waals surface area contributed by atoms with Crippen molar-refractivity contribution in [3.8, 4) is 0 Å². The summed E-state index contributed by atoms with van der Waals surface area (Å²) in [6, 6.07) is 0. The van der Waals surface area contributed by atoms with Crippen molar-refractivity contribution in [1.29, 1.82) is 0 Å². The number of carbonyl (C=O) groups excluding carboxylic acids is 1. The van der Waals surface area contributed by atoms with E-state index in [0.29, 0.717) is 4.13 Å². The Morgan fingerprint density at radius 3 is 2.05 bits per heavy atom. The third-order valence-corrected chi connectivity index (χ3v) is 5.16. The molecule has 13 heteroatoms. The summed E-state index contributed by atoms with van der Waals surface area (Å²) in [6.07, 6.45) is -2.48. The maximum absolute atomic E-state index is 12.0. The van der Waals surface area contributed by atoms with Crippen molar-refractivity contribution in [2.24, 2.45) is 5.92 Å². The molecule has 118 valence electrons. The van der Waals surface area contributed by atoms with Crippen LogP contribution in [0.4, 0.5) is 13.2 Å². The van der Waals surface area contributed by atoms with Crippen LogP contribution < -0.4 is 4.13 Å². The zero-order valence-electron chi connectivity index (χ0n) is 10.0. The number of cyclic esters (lactones) is 1. The van der Waals surface area contributed by atoms with Crippen molar-refractivity contribution in [2.45, 2.75) is 31.6 Å². The average Bonchev–Trinajstić information content (AvgIpc) is 2.41. The summed E-state index contributed by atoms with van der Waals surface area (Å²) in [5.74, 6) is -1.88. The van der Waals surface area contributed by atoms with Gasteiger partial charge >= 0.3 is 31.8 Å². The van der Waals surface area contributed by atoms with Gasteiger partial charge in [-0.2, -0.15) is 21.6 Å². The van der Waals surface area contributed by atoms with Crippen molar-refractivity contribution in [3.63, 3.8) is 0 Å². The average molecular weight is 341 g/mol. The molecule has 3 unspecified atom stereocenters. The van der Waals surface area contributed by atoms with E-state index in [1.807, 2.05) is 0 Å². The maximum Gasteiger partial charge on any atom is 0.512 e. The highest BCUT2D eigenvalue weighted by molar-refractivity contribution is 8.03. The number of rotatable bonds is 4. The second-order valence-corrected chi connectivity index (χ2v) is 7.22. The molecule has 3 atom stereocenters. The molecule has 20 heavy (non-hydrogen) atoms. The molecule has 1 saturated heterocycles. The number of alkyl halides is 3. The Labute approximate surface area is 112 Å². The monoisotopic (exact) mass is 341 g/mol. The van der Waals surface area contributed by atoms with Gasteiger partial charge in [-0.1, -0.05) is 4.13 Å². The molecule has 0 aliphatic carbocycles. The van der Waals surface area contributed by atoms with Gasteiger partial charge in [0.15, 0.2) is 0 Å². The lowest BCUT2D eigenvalue weighted by molar-refractivity contribution is -0.143. The first kappa shape index (κ1) is 17.1. The van der Waals surface area contributed by atoms with Crippen molar-refractivity contribution in [3.05, 3.63) is 0 Å². The fourth-order valence-corrected chi connectivity index (χ4v) is 3.63. The highest BCUT2D eigenvalue weighted by Crippen LogP contribution is 2.27. The minimum absolute atomic E-state index is 0.386. The first-order valence-corrected chi connectivity index (χ1v) is 7.89. The van der Waals surface area contributed by atoms with Crippen molar-refractivity contribution < 1.29 is 43.7 Å². The molecule has 8 nitrogen and oxygen atoms in total. The zero-order chi connectivity index (χ0) is 15.9. The molecular weight excluding hydrogens is 331 g/mol. The molecule has 0 bridgehead atoms. The SMILES string of the molecule is CC1OC(=O)C(C)C1OS(=O)(=O)NS(=O)(=O)C(F)(F)F. The predicted octanol–water partition coefficient (Wildman–Crippen LogP) is -0.363. The van der Waals surface area contributed by atoms with Crippen LogP contribution in [0.25, 0.3) is 0 Å². The third kappa shape index (κ3) is 3.59. The minimum atomic E-state index is -6.13. The van der Waals surface area contributed by atoms with Crippen molar-refractivity contribution in [1.82, 2.24) is 4.13 Å². The third-order valence-electron chi connectivity index (χ3n) is 2.38. The summed E-state index contributed by atoms with van der Waals surface area (Å²) in [5.41, 5.74) is -5.82. The Kier molecular flexibility index (Phi) is 4.39. The van der Waals surface area contributed by atoms with Crippen molar-refractivity contribution in [2.75, 3.05) is 0 Å². The van der Waals surface area contributed by atoms with Gasteiger partial charge in [0.25, 0.3) is 0 Å². The topological polar surface area (TPSA) is 116 Å². The lowest BCUT2D eigenvalue weighted by Gasteiger charge is -2.17. The van der Waals surface area contributed by atoms with E-state index in [4.69, 9.17) is 0 Å². The highest BCUT2D eigenvalue weighted by Gasteiger charge is 2.50. The quantitative estimate of drug-likeness (QED) is 0.694. The number of hydrogen-bond donors (Lipinski definition) is 1. The Hall–Kier alpha value is -0.920. The molecule has 1 rings (SSSR count). The van der Waals surface area contributed by atoms with E-state index in [1.54, 1.807) is 0 Å². The Balaban J connectivity index is 2.90. The first-order chi connectivity index (χ1) is 8.77. The van der Waals surface area contributed by atoms with E-state index in [2.05, 4.69) is 8.92 Å². The van der Waals surface area contributed by atoms with Gasteiger partial charge in [0.05, 0.1) is 5.92 Å². The molecule has 0 amide bonds.